The maximum atomic E-state index is 11.9. The summed E-state index contributed by atoms with van der Waals surface area (Å²) < 4.78 is 23.8. The summed E-state index contributed by atoms with van der Waals surface area (Å²) in [6, 6.07) is 0. The van der Waals surface area contributed by atoms with Gasteiger partial charge < -0.3 is 5.21 Å². The highest BCUT2D eigenvalue weighted by Gasteiger charge is 2.51. The number of aromatic nitrogens is 2. The highest BCUT2D eigenvalue weighted by molar-refractivity contribution is 7.93. The lowest BCUT2D eigenvalue weighted by Gasteiger charge is -2.14. The fourth-order valence-corrected chi connectivity index (χ4v) is 2.90. The van der Waals surface area contributed by atoms with Gasteiger partial charge >= 0.3 is 0 Å². The molecule has 0 aliphatic carbocycles. The molecule has 1 aromatic heterocycles. The molecule has 1 aromatic rings. The molecule has 2 heterocycles. The molecule has 7 heteroatoms. The van der Waals surface area contributed by atoms with Gasteiger partial charge in [0.25, 0.3) is 0 Å². The number of sulfone groups is 1. The van der Waals surface area contributed by atoms with E-state index in [4.69, 9.17) is 5.21 Å². The molecule has 0 aromatic carbocycles. The average Bonchev–Trinajstić information content (AvgIpc) is 2.57. The van der Waals surface area contributed by atoms with Gasteiger partial charge in [0.2, 0.25) is 15.0 Å². The fraction of sp³-hybridized carbons (Fsp3) is 0.429. The van der Waals surface area contributed by atoms with Crippen LogP contribution in [0.25, 0.3) is 0 Å². The molecule has 2 rings (SSSR count). The van der Waals surface area contributed by atoms with Crippen LogP contribution in [0, 0.1) is 0 Å². The van der Waals surface area contributed by atoms with Crippen molar-refractivity contribution in [1.82, 2.24) is 9.55 Å². The largest absolute Gasteiger partial charge is 0.409 e. The lowest BCUT2D eigenvalue weighted by molar-refractivity contribution is 0.314. The summed E-state index contributed by atoms with van der Waals surface area (Å²) in [7, 11) is -3.54. The van der Waals surface area contributed by atoms with Crippen LogP contribution in [0.2, 0.25) is 0 Å². The van der Waals surface area contributed by atoms with E-state index in [0.717, 1.165) is 0 Å². The molecule has 1 aliphatic heterocycles. The third kappa shape index (κ3) is 0.777. The van der Waals surface area contributed by atoms with Crippen LogP contribution in [0.1, 0.15) is 13.8 Å². The Morgan fingerprint density at radius 3 is 2.79 bits per heavy atom. The quantitative estimate of drug-likeness (QED) is 0.490. The number of hydrogen-bond donors (Lipinski definition) is 1. The minimum atomic E-state index is -3.54. The number of oxime groups is 1. The van der Waals surface area contributed by atoms with Crippen LogP contribution in [0.4, 0.5) is 0 Å². The van der Waals surface area contributed by atoms with E-state index in [0.29, 0.717) is 0 Å². The molecule has 0 bridgehead atoms. The first-order valence-electron chi connectivity index (χ1n) is 3.94. The summed E-state index contributed by atoms with van der Waals surface area (Å²) in [4.78, 5) is 3.73. The van der Waals surface area contributed by atoms with Crippen molar-refractivity contribution in [1.29, 1.82) is 0 Å². The Labute approximate surface area is 80.8 Å². The number of hydrogen-bond acceptors (Lipinski definition) is 5. The van der Waals surface area contributed by atoms with Crippen LogP contribution >= 0.6 is 0 Å². The number of fused-ring (bicyclic) bond motifs is 1. The highest BCUT2D eigenvalue weighted by atomic mass is 32.2. The van der Waals surface area contributed by atoms with Gasteiger partial charge in [-0.25, -0.2) is 13.4 Å². The van der Waals surface area contributed by atoms with Gasteiger partial charge in [0.05, 0.1) is 0 Å². The lowest BCUT2D eigenvalue weighted by Crippen LogP contribution is -2.36. The Balaban J connectivity index is 2.87. The second kappa shape index (κ2) is 2.35. The molecular formula is C7H9N3O3S. The number of nitrogens with zero attached hydrogens (tertiary/aromatic N) is 3. The van der Waals surface area contributed by atoms with Crippen molar-refractivity contribution in [2.45, 2.75) is 23.8 Å². The molecule has 0 atom stereocenters. The normalized spacial score (nSPS) is 25.1. The van der Waals surface area contributed by atoms with E-state index in [1.165, 1.54) is 30.8 Å². The van der Waals surface area contributed by atoms with E-state index < -0.39 is 14.6 Å². The second-order valence-electron chi connectivity index (χ2n) is 3.52. The summed E-state index contributed by atoms with van der Waals surface area (Å²) in [6.45, 7) is 2.96. The van der Waals surface area contributed by atoms with Gasteiger partial charge in [0, 0.05) is 12.4 Å². The number of imidazole rings is 1. The Morgan fingerprint density at radius 2 is 2.21 bits per heavy atom. The minimum absolute atomic E-state index is 0.0738. The average molecular weight is 215 g/mol. The van der Waals surface area contributed by atoms with Gasteiger partial charge in [-0.3, -0.25) is 4.57 Å². The van der Waals surface area contributed by atoms with Gasteiger partial charge in [-0.15, -0.1) is 0 Å². The lowest BCUT2D eigenvalue weighted by atomic mass is 10.2. The van der Waals surface area contributed by atoms with Crippen molar-refractivity contribution in [2.24, 2.45) is 5.16 Å². The molecule has 1 N–H and O–H groups in total. The smallest absolute Gasteiger partial charge is 0.234 e. The highest BCUT2D eigenvalue weighted by Crippen LogP contribution is 2.33. The van der Waals surface area contributed by atoms with Crippen molar-refractivity contribution >= 4 is 15.7 Å². The van der Waals surface area contributed by atoms with E-state index in [-0.39, 0.29) is 11.0 Å². The zero-order chi connectivity index (χ0) is 10.6. The number of rotatable bonds is 0. The third-order valence-corrected chi connectivity index (χ3v) is 4.69. The van der Waals surface area contributed by atoms with Crippen LogP contribution in [-0.2, 0) is 9.84 Å². The molecule has 1 aliphatic rings. The zero-order valence-corrected chi connectivity index (χ0v) is 8.48. The fourth-order valence-electron chi connectivity index (χ4n) is 1.46. The monoisotopic (exact) mass is 215 g/mol. The molecule has 0 unspecified atom stereocenters. The minimum Gasteiger partial charge on any atom is -0.409 e. The molecular weight excluding hydrogens is 206 g/mol. The van der Waals surface area contributed by atoms with Gasteiger partial charge in [0.1, 0.15) is 4.75 Å². The Bertz CT molecular complexity index is 512. The Kier molecular flexibility index (Phi) is 1.55. The first-order chi connectivity index (χ1) is 6.43. The van der Waals surface area contributed by atoms with E-state index >= 15 is 0 Å². The van der Waals surface area contributed by atoms with E-state index in [9.17, 15) is 8.42 Å². The van der Waals surface area contributed by atoms with Crippen molar-refractivity contribution in [3.05, 3.63) is 12.4 Å². The maximum absolute atomic E-state index is 11.9. The first kappa shape index (κ1) is 9.20. The molecule has 0 amide bonds. The van der Waals surface area contributed by atoms with Crippen molar-refractivity contribution in [3.8, 4) is 0 Å². The molecule has 76 valence electrons. The van der Waals surface area contributed by atoms with Crippen LogP contribution in [0.3, 0.4) is 0 Å². The predicted molar refractivity (Wildman–Crippen MR) is 48.1 cm³/mol. The summed E-state index contributed by atoms with van der Waals surface area (Å²) in [6.07, 6.45) is 2.81. The predicted octanol–water partition coefficient (Wildman–Crippen LogP) is 0.0848. The SMILES string of the molecule is CC1(C)C(=NO)n2ccnc2S1(=O)=O. The van der Waals surface area contributed by atoms with E-state index in [1.807, 2.05) is 0 Å². The first-order valence-corrected chi connectivity index (χ1v) is 5.42. The molecule has 0 saturated carbocycles. The molecule has 0 saturated heterocycles. The summed E-state index contributed by atoms with van der Waals surface area (Å²) in [5.41, 5.74) is 0. The van der Waals surface area contributed by atoms with Gasteiger partial charge in [-0.05, 0) is 13.8 Å². The standard InChI is InChI=1S/C7H9N3O3S/c1-7(2)5(9-11)10-4-3-8-6(10)14(7,12)13/h3-4,11H,1-2H3. The van der Waals surface area contributed by atoms with Gasteiger partial charge in [-0.1, -0.05) is 5.16 Å². The topological polar surface area (TPSA) is 84.6 Å². The van der Waals surface area contributed by atoms with Gasteiger partial charge in [-0.2, -0.15) is 0 Å². The van der Waals surface area contributed by atoms with E-state index in [2.05, 4.69) is 10.1 Å². The molecule has 14 heavy (non-hydrogen) atoms. The molecule has 6 nitrogen and oxygen atoms in total. The van der Waals surface area contributed by atoms with Crippen molar-refractivity contribution < 1.29 is 13.6 Å². The molecule has 0 spiro atoms. The molecule has 0 fully saturated rings. The van der Waals surface area contributed by atoms with Crippen molar-refractivity contribution in [3.63, 3.8) is 0 Å². The second-order valence-corrected chi connectivity index (χ2v) is 5.91. The maximum Gasteiger partial charge on any atom is 0.234 e. The van der Waals surface area contributed by atoms with Crippen LogP contribution in [-0.4, -0.2) is 33.8 Å². The zero-order valence-electron chi connectivity index (χ0n) is 7.67. The molecule has 0 radical (unpaired) electrons. The van der Waals surface area contributed by atoms with Crippen LogP contribution in [0.5, 0.6) is 0 Å². The summed E-state index contributed by atoms with van der Waals surface area (Å²) in [5.74, 6) is 0.0741. The van der Waals surface area contributed by atoms with Crippen LogP contribution in [0.15, 0.2) is 22.7 Å². The van der Waals surface area contributed by atoms with Gasteiger partial charge in [0.15, 0.2) is 5.84 Å². The third-order valence-electron chi connectivity index (χ3n) is 2.38. The Hall–Kier alpha value is -1.37. The van der Waals surface area contributed by atoms with E-state index in [1.54, 1.807) is 0 Å². The summed E-state index contributed by atoms with van der Waals surface area (Å²) >= 11 is 0. The van der Waals surface area contributed by atoms with Crippen molar-refractivity contribution in [2.75, 3.05) is 0 Å². The van der Waals surface area contributed by atoms with Crippen LogP contribution < -0.4 is 0 Å². The summed E-state index contributed by atoms with van der Waals surface area (Å²) in [5, 5.41) is 11.7. The Morgan fingerprint density at radius 1 is 1.57 bits per heavy atom.